The maximum atomic E-state index is 13.0. The van der Waals surface area contributed by atoms with Gasteiger partial charge in [0.05, 0.1) is 5.69 Å². The molecule has 1 amide bonds. The van der Waals surface area contributed by atoms with Gasteiger partial charge in [0.25, 0.3) is 5.91 Å². The number of hydrogen-bond acceptors (Lipinski definition) is 6. The number of anilines is 1. The van der Waals surface area contributed by atoms with E-state index in [0.717, 1.165) is 5.56 Å². The largest absolute Gasteiger partial charge is 0.482 e. The SMILES string of the molecule is O=C(COC(=O)COc1ccc(Cl)cc1)Nc1nc(-c2ccc(F)cc2)cs1. The smallest absolute Gasteiger partial charge is 0.344 e. The predicted octanol–water partition coefficient (Wildman–Crippen LogP) is 4.16. The first-order chi connectivity index (χ1) is 13.5. The van der Waals surface area contributed by atoms with Crippen molar-refractivity contribution in [1.82, 2.24) is 4.98 Å². The molecule has 0 aliphatic carbocycles. The van der Waals surface area contributed by atoms with E-state index in [1.54, 1.807) is 41.8 Å². The second-order valence-electron chi connectivity index (χ2n) is 5.50. The molecule has 3 aromatic rings. The van der Waals surface area contributed by atoms with Crippen LogP contribution in [-0.2, 0) is 14.3 Å². The lowest BCUT2D eigenvalue weighted by Gasteiger charge is -2.07. The van der Waals surface area contributed by atoms with Crippen LogP contribution in [0, 0.1) is 5.82 Å². The zero-order chi connectivity index (χ0) is 19.9. The van der Waals surface area contributed by atoms with Gasteiger partial charge in [-0.25, -0.2) is 14.2 Å². The van der Waals surface area contributed by atoms with Crippen molar-refractivity contribution in [1.29, 1.82) is 0 Å². The Morgan fingerprint density at radius 2 is 1.79 bits per heavy atom. The summed E-state index contributed by atoms with van der Waals surface area (Å²) in [4.78, 5) is 27.8. The number of aromatic nitrogens is 1. The van der Waals surface area contributed by atoms with E-state index in [2.05, 4.69) is 10.3 Å². The fraction of sp³-hybridized carbons (Fsp3) is 0.105. The Morgan fingerprint density at radius 3 is 2.50 bits per heavy atom. The van der Waals surface area contributed by atoms with E-state index >= 15 is 0 Å². The first-order valence-electron chi connectivity index (χ1n) is 8.05. The minimum Gasteiger partial charge on any atom is -0.482 e. The molecule has 0 spiro atoms. The van der Waals surface area contributed by atoms with Gasteiger partial charge in [0, 0.05) is 16.0 Å². The van der Waals surface area contributed by atoms with Crippen molar-refractivity contribution < 1.29 is 23.5 Å². The lowest BCUT2D eigenvalue weighted by atomic mass is 10.2. The molecule has 28 heavy (non-hydrogen) atoms. The van der Waals surface area contributed by atoms with Crippen LogP contribution in [0.1, 0.15) is 0 Å². The molecule has 1 N–H and O–H groups in total. The molecule has 3 rings (SSSR count). The van der Waals surface area contributed by atoms with E-state index in [1.165, 1.54) is 23.5 Å². The molecule has 0 fully saturated rings. The van der Waals surface area contributed by atoms with Crippen molar-refractivity contribution in [3.8, 4) is 17.0 Å². The number of nitrogens with one attached hydrogen (secondary N) is 1. The van der Waals surface area contributed by atoms with E-state index in [4.69, 9.17) is 21.1 Å². The lowest BCUT2D eigenvalue weighted by Crippen LogP contribution is -2.23. The first kappa shape index (κ1) is 19.8. The highest BCUT2D eigenvalue weighted by Crippen LogP contribution is 2.25. The van der Waals surface area contributed by atoms with E-state index < -0.39 is 18.5 Å². The summed E-state index contributed by atoms with van der Waals surface area (Å²) < 4.78 is 23.1. The van der Waals surface area contributed by atoms with Gasteiger partial charge in [0.15, 0.2) is 18.3 Å². The number of ether oxygens (including phenoxy) is 2. The number of amides is 1. The summed E-state index contributed by atoms with van der Waals surface area (Å²) in [5.41, 5.74) is 1.33. The highest BCUT2D eigenvalue weighted by atomic mass is 35.5. The van der Waals surface area contributed by atoms with Crippen LogP contribution < -0.4 is 10.1 Å². The van der Waals surface area contributed by atoms with Crippen molar-refractivity contribution in [2.24, 2.45) is 0 Å². The third kappa shape index (κ3) is 5.77. The molecule has 9 heteroatoms. The number of halogens is 2. The van der Waals surface area contributed by atoms with Crippen LogP contribution in [0.3, 0.4) is 0 Å². The fourth-order valence-corrected chi connectivity index (χ4v) is 2.96. The third-order valence-corrected chi connectivity index (χ3v) is 4.43. The fourth-order valence-electron chi connectivity index (χ4n) is 2.10. The molecular weight excluding hydrogens is 407 g/mol. The van der Waals surface area contributed by atoms with Crippen molar-refractivity contribution in [2.75, 3.05) is 18.5 Å². The number of nitrogens with zero attached hydrogens (tertiary/aromatic N) is 1. The Balaban J connectivity index is 1.43. The Labute approximate surface area is 168 Å². The number of hydrogen-bond donors (Lipinski definition) is 1. The average Bonchev–Trinajstić information content (AvgIpc) is 3.15. The molecule has 0 saturated carbocycles. The standard InChI is InChI=1S/C19H14ClFN2O4S/c20-13-3-7-15(8-4-13)26-10-18(25)27-9-17(24)23-19-22-16(11-28-19)12-1-5-14(21)6-2-12/h1-8,11H,9-10H2,(H,22,23,24). The molecule has 0 radical (unpaired) electrons. The molecule has 0 aliphatic rings. The van der Waals surface area contributed by atoms with E-state index in [9.17, 15) is 14.0 Å². The minimum atomic E-state index is -0.684. The summed E-state index contributed by atoms with van der Waals surface area (Å²) in [6.07, 6.45) is 0. The topological polar surface area (TPSA) is 77.5 Å². The van der Waals surface area contributed by atoms with Gasteiger partial charge in [-0.2, -0.15) is 0 Å². The van der Waals surface area contributed by atoms with Gasteiger partial charge in [-0.15, -0.1) is 11.3 Å². The number of benzene rings is 2. The maximum Gasteiger partial charge on any atom is 0.344 e. The van der Waals surface area contributed by atoms with Crippen LogP contribution in [0.4, 0.5) is 9.52 Å². The van der Waals surface area contributed by atoms with Crippen LogP contribution >= 0.6 is 22.9 Å². The molecular formula is C19H14ClFN2O4S. The summed E-state index contributed by atoms with van der Waals surface area (Å²) in [7, 11) is 0. The number of carbonyl (C=O) groups excluding carboxylic acids is 2. The Morgan fingerprint density at radius 1 is 1.07 bits per heavy atom. The molecule has 144 valence electrons. The van der Waals surface area contributed by atoms with Crippen LogP contribution in [0.2, 0.25) is 5.02 Å². The highest BCUT2D eigenvalue weighted by molar-refractivity contribution is 7.14. The maximum absolute atomic E-state index is 13.0. The quantitative estimate of drug-likeness (QED) is 0.580. The predicted molar refractivity (Wildman–Crippen MR) is 104 cm³/mol. The normalized spacial score (nSPS) is 10.4. The monoisotopic (exact) mass is 420 g/mol. The number of thiazole rings is 1. The Kier molecular flexibility index (Phi) is 6.57. The summed E-state index contributed by atoms with van der Waals surface area (Å²) in [6, 6.07) is 12.3. The molecule has 0 aliphatic heterocycles. The van der Waals surface area contributed by atoms with E-state index in [0.29, 0.717) is 21.6 Å². The van der Waals surface area contributed by atoms with Crippen LogP contribution in [0.15, 0.2) is 53.9 Å². The van der Waals surface area contributed by atoms with Gasteiger partial charge in [-0.05, 0) is 48.5 Å². The Bertz CT molecular complexity index is 961. The first-order valence-corrected chi connectivity index (χ1v) is 9.30. The molecule has 1 aromatic heterocycles. The average molecular weight is 421 g/mol. The van der Waals surface area contributed by atoms with Gasteiger partial charge in [-0.1, -0.05) is 11.6 Å². The zero-order valence-corrected chi connectivity index (χ0v) is 15.9. The number of carbonyl (C=O) groups is 2. The lowest BCUT2D eigenvalue weighted by molar-refractivity contribution is -0.149. The second-order valence-corrected chi connectivity index (χ2v) is 6.79. The number of esters is 1. The van der Waals surface area contributed by atoms with Crippen LogP contribution in [0.25, 0.3) is 11.3 Å². The van der Waals surface area contributed by atoms with Crippen molar-refractivity contribution in [2.45, 2.75) is 0 Å². The number of rotatable bonds is 7. The van der Waals surface area contributed by atoms with E-state index in [1.807, 2.05) is 0 Å². The molecule has 2 aromatic carbocycles. The second kappa shape index (κ2) is 9.29. The Hall–Kier alpha value is -2.97. The molecule has 0 bridgehead atoms. The summed E-state index contributed by atoms with van der Waals surface area (Å²) in [5, 5.41) is 5.17. The summed E-state index contributed by atoms with van der Waals surface area (Å²) in [5.74, 6) is -1.09. The minimum absolute atomic E-state index is 0.332. The van der Waals surface area contributed by atoms with Gasteiger partial charge in [-0.3, -0.25) is 10.1 Å². The molecule has 0 atom stereocenters. The molecule has 0 saturated heterocycles. The third-order valence-electron chi connectivity index (χ3n) is 3.43. The van der Waals surface area contributed by atoms with Gasteiger partial charge in [0.1, 0.15) is 11.6 Å². The molecule has 6 nitrogen and oxygen atoms in total. The van der Waals surface area contributed by atoms with Crippen molar-refractivity contribution in [3.63, 3.8) is 0 Å². The zero-order valence-electron chi connectivity index (χ0n) is 14.4. The summed E-state index contributed by atoms with van der Waals surface area (Å²) >= 11 is 6.96. The van der Waals surface area contributed by atoms with Gasteiger partial charge in [0.2, 0.25) is 0 Å². The molecule has 1 heterocycles. The van der Waals surface area contributed by atoms with Gasteiger partial charge < -0.3 is 9.47 Å². The van der Waals surface area contributed by atoms with Crippen LogP contribution in [-0.4, -0.2) is 30.1 Å². The highest BCUT2D eigenvalue weighted by Gasteiger charge is 2.11. The van der Waals surface area contributed by atoms with Crippen molar-refractivity contribution >= 4 is 39.9 Å². The van der Waals surface area contributed by atoms with E-state index in [-0.39, 0.29) is 12.4 Å². The van der Waals surface area contributed by atoms with Gasteiger partial charge >= 0.3 is 5.97 Å². The summed E-state index contributed by atoms with van der Waals surface area (Å²) in [6.45, 7) is -0.796. The molecule has 0 unspecified atom stereocenters. The van der Waals surface area contributed by atoms with Crippen LogP contribution in [0.5, 0.6) is 5.75 Å². The van der Waals surface area contributed by atoms with Crippen molar-refractivity contribution in [3.05, 3.63) is 64.8 Å².